The van der Waals surface area contributed by atoms with E-state index in [2.05, 4.69) is 20.9 Å². The SMILES string of the molecule is NC(N)=NC(=O)C1CC1c1ccc(F)c(Br)c1. The summed E-state index contributed by atoms with van der Waals surface area (Å²) in [6.07, 6.45) is 0.702. The van der Waals surface area contributed by atoms with Crippen LogP contribution in [0.3, 0.4) is 0 Å². The van der Waals surface area contributed by atoms with Crippen LogP contribution >= 0.6 is 15.9 Å². The van der Waals surface area contributed by atoms with E-state index in [0.29, 0.717) is 10.9 Å². The van der Waals surface area contributed by atoms with Gasteiger partial charge in [0.05, 0.1) is 4.47 Å². The van der Waals surface area contributed by atoms with Gasteiger partial charge >= 0.3 is 0 Å². The number of halogens is 2. The first-order valence-electron chi connectivity index (χ1n) is 5.07. The summed E-state index contributed by atoms with van der Waals surface area (Å²) in [5, 5.41) is 0. The minimum Gasteiger partial charge on any atom is -0.370 e. The van der Waals surface area contributed by atoms with Crippen molar-refractivity contribution in [1.82, 2.24) is 0 Å². The zero-order valence-corrected chi connectivity index (χ0v) is 10.4. The molecule has 2 rings (SSSR count). The number of rotatable bonds is 2. The number of hydrogen-bond acceptors (Lipinski definition) is 1. The fourth-order valence-electron chi connectivity index (χ4n) is 1.79. The van der Waals surface area contributed by atoms with Gasteiger partial charge < -0.3 is 11.5 Å². The van der Waals surface area contributed by atoms with Crippen molar-refractivity contribution < 1.29 is 9.18 Å². The Morgan fingerprint density at radius 2 is 2.18 bits per heavy atom. The Hall–Kier alpha value is -1.43. The fourth-order valence-corrected chi connectivity index (χ4v) is 2.19. The smallest absolute Gasteiger partial charge is 0.252 e. The van der Waals surface area contributed by atoms with Crippen LogP contribution in [0, 0.1) is 11.7 Å². The van der Waals surface area contributed by atoms with Gasteiger partial charge in [-0.3, -0.25) is 4.79 Å². The molecule has 1 saturated carbocycles. The van der Waals surface area contributed by atoms with E-state index in [1.807, 2.05) is 0 Å². The molecule has 4 N–H and O–H groups in total. The van der Waals surface area contributed by atoms with Crippen molar-refractivity contribution in [1.29, 1.82) is 0 Å². The molecule has 1 amide bonds. The van der Waals surface area contributed by atoms with Gasteiger partial charge in [0, 0.05) is 5.92 Å². The number of hydrogen-bond donors (Lipinski definition) is 2. The van der Waals surface area contributed by atoms with Gasteiger partial charge in [-0.05, 0) is 46.0 Å². The van der Waals surface area contributed by atoms with Crippen molar-refractivity contribution >= 4 is 27.8 Å². The van der Waals surface area contributed by atoms with E-state index >= 15 is 0 Å². The Kier molecular flexibility index (Phi) is 3.15. The first kappa shape index (κ1) is 12.0. The summed E-state index contributed by atoms with van der Waals surface area (Å²) in [6, 6.07) is 4.73. The molecule has 0 bridgehead atoms. The van der Waals surface area contributed by atoms with Crippen molar-refractivity contribution in [3.63, 3.8) is 0 Å². The lowest BCUT2D eigenvalue weighted by Gasteiger charge is -2.01. The molecule has 0 saturated heterocycles. The van der Waals surface area contributed by atoms with Crippen molar-refractivity contribution in [3.05, 3.63) is 34.1 Å². The van der Waals surface area contributed by atoms with E-state index in [4.69, 9.17) is 11.5 Å². The third kappa shape index (κ3) is 2.63. The first-order valence-corrected chi connectivity index (χ1v) is 5.86. The molecule has 0 aromatic heterocycles. The molecule has 1 aromatic rings. The lowest BCUT2D eigenvalue weighted by Crippen LogP contribution is -2.24. The minimum absolute atomic E-state index is 0.0856. The third-order valence-corrected chi connectivity index (χ3v) is 3.33. The molecule has 17 heavy (non-hydrogen) atoms. The highest BCUT2D eigenvalue weighted by Gasteiger charge is 2.44. The first-order chi connectivity index (χ1) is 7.99. The lowest BCUT2D eigenvalue weighted by molar-refractivity contribution is -0.119. The molecule has 4 nitrogen and oxygen atoms in total. The number of nitrogens with zero attached hydrogens (tertiary/aromatic N) is 1. The van der Waals surface area contributed by atoms with Gasteiger partial charge in [-0.15, -0.1) is 0 Å². The van der Waals surface area contributed by atoms with Gasteiger partial charge in [-0.1, -0.05) is 6.07 Å². The highest BCUT2D eigenvalue weighted by Crippen LogP contribution is 2.48. The Balaban J connectivity index is 2.10. The van der Waals surface area contributed by atoms with E-state index in [1.165, 1.54) is 6.07 Å². The quantitative estimate of drug-likeness (QED) is 0.641. The van der Waals surface area contributed by atoms with Crippen LogP contribution in [0.4, 0.5) is 4.39 Å². The molecule has 6 heteroatoms. The summed E-state index contributed by atoms with van der Waals surface area (Å²) in [6.45, 7) is 0. The van der Waals surface area contributed by atoms with E-state index in [1.54, 1.807) is 12.1 Å². The Morgan fingerprint density at radius 1 is 1.47 bits per heavy atom. The number of benzene rings is 1. The van der Waals surface area contributed by atoms with Gasteiger partial charge in [0.15, 0.2) is 5.96 Å². The Bertz CT molecular complexity index is 499. The van der Waals surface area contributed by atoms with Crippen LogP contribution in [-0.4, -0.2) is 11.9 Å². The zero-order chi connectivity index (χ0) is 12.6. The minimum atomic E-state index is -0.318. The van der Waals surface area contributed by atoms with Crippen LogP contribution in [0.15, 0.2) is 27.7 Å². The predicted octanol–water partition coefficient (Wildman–Crippen LogP) is 1.49. The molecule has 1 aliphatic rings. The number of nitrogens with two attached hydrogens (primary N) is 2. The molecule has 1 fully saturated rings. The second-order valence-corrected chi connectivity index (χ2v) is 4.85. The lowest BCUT2D eigenvalue weighted by atomic mass is 10.1. The largest absolute Gasteiger partial charge is 0.370 e. The summed E-state index contributed by atoms with van der Waals surface area (Å²) >= 11 is 3.11. The van der Waals surface area contributed by atoms with Crippen LogP contribution < -0.4 is 11.5 Å². The summed E-state index contributed by atoms with van der Waals surface area (Å²) in [5.41, 5.74) is 11.2. The summed E-state index contributed by atoms with van der Waals surface area (Å²) in [7, 11) is 0. The molecular weight excluding hydrogens is 289 g/mol. The molecule has 2 unspecified atom stereocenters. The predicted molar refractivity (Wildman–Crippen MR) is 65.8 cm³/mol. The van der Waals surface area contributed by atoms with Crippen LogP contribution in [0.1, 0.15) is 17.9 Å². The molecule has 0 heterocycles. The summed E-state index contributed by atoms with van der Waals surface area (Å²) < 4.78 is 13.4. The van der Waals surface area contributed by atoms with Crippen LogP contribution in [0.25, 0.3) is 0 Å². The van der Waals surface area contributed by atoms with Crippen molar-refractivity contribution in [2.24, 2.45) is 22.4 Å². The van der Waals surface area contributed by atoms with E-state index in [-0.39, 0.29) is 29.5 Å². The van der Waals surface area contributed by atoms with Gasteiger partial charge in [-0.25, -0.2) is 4.39 Å². The van der Waals surface area contributed by atoms with Crippen molar-refractivity contribution in [2.45, 2.75) is 12.3 Å². The van der Waals surface area contributed by atoms with Crippen LogP contribution in [0.2, 0.25) is 0 Å². The second kappa shape index (κ2) is 4.44. The van der Waals surface area contributed by atoms with E-state index < -0.39 is 0 Å². The number of aliphatic imine (C=N–C) groups is 1. The maximum absolute atomic E-state index is 13.0. The summed E-state index contributed by atoms with van der Waals surface area (Å²) in [5.74, 6) is -0.949. The van der Waals surface area contributed by atoms with Crippen LogP contribution in [-0.2, 0) is 4.79 Å². The van der Waals surface area contributed by atoms with Crippen molar-refractivity contribution in [3.8, 4) is 0 Å². The molecular formula is C11H11BrFN3O. The van der Waals surface area contributed by atoms with E-state index in [9.17, 15) is 9.18 Å². The zero-order valence-electron chi connectivity index (χ0n) is 8.86. The third-order valence-electron chi connectivity index (χ3n) is 2.72. The highest BCUT2D eigenvalue weighted by atomic mass is 79.9. The van der Waals surface area contributed by atoms with Crippen LogP contribution in [0.5, 0.6) is 0 Å². The standard InChI is InChI=1S/C11H11BrFN3O/c12-8-3-5(1-2-9(8)13)6-4-7(6)10(17)16-11(14)15/h1-3,6-7H,4H2,(H4,14,15,16,17). The van der Waals surface area contributed by atoms with Gasteiger partial charge in [-0.2, -0.15) is 4.99 Å². The van der Waals surface area contributed by atoms with Gasteiger partial charge in [0.2, 0.25) is 0 Å². The highest BCUT2D eigenvalue weighted by molar-refractivity contribution is 9.10. The normalized spacial score (nSPS) is 22.0. The van der Waals surface area contributed by atoms with Gasteiger partial charge in [0.1, 0.15) is 5.82 Å². The second-order valence-electron chi connectivity index (χ2n) is 4.00. The van der Waals surface area contributed by atoms with Crippen molar-refractivity contribution in [2.75, 3.05) is 0 Å². The van der Waals surface area contributed by atoms with Gasteiger partial charge in [0.25, 0.3) is 5.91 Å². The molecule has 90 valence electrons. The molecule has 0 aliphatic heterocycles. The molecule has 2 atom stereocenters. The molecule has 1 aromatic carbocycles. The average Bonchev–Trinajstić information content (AvgIpc) is 3.01. The Labute approximate surface area is 106 Å². The Morgan fingerprint density at radius 3 is 2.76 bits per heavy atom. The molecule has 0 spiro atoms. The average molecular weight is 300 g/mol. The number of carbonyl (C=O) groups is 1. The topological polar surface area (TPSA) is 81.5 Å². The maximum Gasteiger partial charge on any atom is 0.252 e. The molecule has 0 radical (unpaired) electrons. The maximum atomic E-state index is 13.0. The fraction of sp³-hybridized carbons (Fsp3) is 0.273. The molecule has 1 aliphatic carbocycles. The van der Waals surface area contributed by atoms with E-state index in [0.717, 1.165) is 5.56 Å². The number of guanidine groups is 1. The monoisotopic (exact) mass is 299 g/mol. The number of amides is 1. The number of carbonyl (C=O) groups excluding carboxylic acids is 1. The summed E-state index contributed by atoms with van der Waals surface area (Å²) in [4.78, 5) is 15.0.